The van der Waals surface area contributed by atoms with Gasteiger partial charge in [0.15, 0.2) is 5.69 Å². The Hall–Kier alpha value is -3.94. The number of alkyl halides is 3. The fourth-order valence-electron chi connectivity index (χ4n) is 4.36. The fourth-order valence-corrected chi connectivity index (χ4v) is 5.33. The molecule has 2 amide bonds. The van der Waals surface area contributed by atoms with Crippen LogP contribution >= 0.6 is 24.0 Å². The number of halogens is 5. The van der Waals surface area contributed by atoms with Gasteiger partial charge >= 0.3 is 5.51 Å². The largest absolute Gasteiger partial charge is 0.501 e. The lowest BCUT2D eigenvalue weighted by Gasteiger charge is -2.20. The maximum atomic E-state index is 13.0. The van der Waals surface area contributed by atoms with Gasteiger partial charge in [0.1, 0.15) is 0 Å². The van der Waals surface area contributed by atoms with Crippen molar-refractivity contribution in [2.75, 3.05) is 5.32 Å². The molecule has 40 heavy (non-hydrogen) atoms. The molecule has 0 saturated carbocycles. The number of anilines is 1. The molecule has 0 unspecified atom stereocenters. The molecule has 3 N–H and O–H groups in total. The maximum Gasteiger partial charge on any atom is 0.501 e. The molecule has 2 aromatic carbocycles. The minimum atomic E-state index is -5.55. The topological polar surface area (TPSA) is 137 Å². The van der Waals surface area contributed by atoms with Crippen molar-refractivity contribution in [2.45, 2.75) is 23.2 Å². The van der Waals surface area contributed by atoms with Crippen molar-refractivity contribution in [1.29, 1.82) is 0 Å². The number of nitrogens with two attached hydrogens (primary N) is 1. The second-order valence-electron chi connectivity index (χ2n) is 8.58. The van der Waals surface area contributed by atoms with Gasteiger partial charge in [0.2, 0.25) is 0 Å². The van der Waals surface area contributed by atoms with Gasteiger partial charge in [-0.2, -0.15) is 18.3 Å². The molecular formula is C25H18Cl2F3N5O4S. The van der Waals surface area contributed by atoms with Gasteiger partial charge in [-0.15, -0.1) is 12.4 Å². The van der Waals surface area contributed by atoms with Gasteiger partial charge in [-0.1, -0.05) is 17.7 Å². The third-order valence-electron chi connectivity index (χ3n) is 6.20. The van der Waals surface area contributed by atoms with Crippen LogP contribution in [-0.2, 0) is 22.7 Å². The summed E-state index contributed by atoms with van der Waals surface area (Å²) in [6.07, 6.45) is 3.70. The number of primary amides is 1. The molecule has 9 nitrogen and oxygen atoms in total. The highest BCUT2D eigenvalue weighted by molar-refractivity contribution is 7.92. The second kappa shape index (κ2) is 10.6. The zero-order valence-electron chi connectivity index (χ0n) is 20.1. The Labute approximate surface area is 236 Å². The molecule has 0 aliphatic heterocycles. The Morgan fingerprint density at radius 2 is 1.75 bits per heavy atom. The van der Waals surface area contributed by atoms with Crippen LogP contribution in [0, 0.1) is 0 Å². The van der Waals surface area contributed by atoms with Gasteiger partial charge in [-0.25, -0.2) is 13.1 Å². The number of aryl methyl sites for hydroxylation is 1. The summed E-state index contributed by atoms with van der Waals surface area (Å²) in [6, 6.07) is 10.6. The summed E-state index contributed by atoms with van der Waals surface area (Å²) in [7, 11) is -5.55. The average Bonchev–Trinajstić information content (AvgIpc) is 3.29. The van der Waals surface area contributed by atoms with Crippen LogP contribution in [0.15, 0.2) is 65.8 Å². The molecule has 1 aliphatic carbocycles. The standard InChI is InChI=1S/C25H17ClF3N5O4S.ClH/c26-20-12-31-10-9-17(20)24(36)32-14-3-1-13-2-8-18-21(23(30)35)33-34(22(18)19(13)11-14)15-4-6-16(7-5-15)39(37,38)25(27,28)29;/h1,3-7,9-12H,2,8H2,(H2,30,35)(H,32,36);1H. The molecule has 2 aromatic heterocycles. The van der Waals surface area contributed by atoms with E-state index in [2.05, 4.69) is 15.4 Å². The van der Waals surface area contributed by atoms with E-state index >= 15 is 0 Å². The molecule has 15 heteroatoms. The molecule has 1 aliphatic rings. The number of fused-ring (bicyclic) bond motifs is 3. The predicted molar refractivity (Wildman–Crippen MR) is 143 cm³/mol. The normalized spacial score (nSPS) is 12.6. The first-order valence-electron chi connectivity index (χ1n) is 11.3. The van der Waals surface area contributed by atoms with Gasteiger partial charge in [-0.05, 0) is 60.9 Å². The SMILES string of the molecule is Cl.NC(=O)c1nn(-c2ccc(S(=O)(=O)C(F)(F)F)cc2)c2c1CCc1ccc(NC(=O)c3ccncc3Cl)cc1-2. The second-order valence-corrected chi connectivity index (χ2v) is 10.9. The lowest BCUT2D eigenvalue weighted by atomic mass is 9.88. The van der Waals surface area contributed by atoms with Crippen molar-refractivity contribution < 1.29 is 31.2 Å². The number of nitrogens with zero attached hydrogens (tertiary/aromatic N) is 3. The van der Waals surface area contributed by atoms with Crippen LogP contribution < -0.4 is 11.1 Å². The average molecular weight is 612 g/mol. The number of amides is 2. The van der Waals surface area contributed by atoms with E-state index in [1.54, 1.807) is 18.2 Å². The van der Waals surface area contributed by atoms with Gasteiger partial charge < -0.3 is 11.1 Å². The molecule has 0 radical (unpaired) electrons. The molecule has 0 saturated heterocycles. The van der Waals surface area contributed by atoms with E-state index in [9.17, 15) is 31.2 Å². The van der Waals surface area contributed by atoms with Gasteiger partial charge in [-0.3, -0.25) is 14.6 Å². The highest BCUT2D eigenvalue weighted by atomic mass is 35.5. The number of nitrogens with one attached hydrogen (secondary N) is 1. The lowest BCUT2D eigenvalue weighted by Crippen LogP contribution is -2.23. The summed E-state index contributed by atoms with van der Waals surface area (Å²) in [5, 5.41) is 7.23. The van der Waals surface area contributed by atoms with Gasteiger partial charge in [0.25, 0.3) is 21.7 Å². The first-order chi connectivity index (χ1) is 18.4. The Morgan fingerprint density at radius 3 is 2.38 bits per heavy atom. The molecular weight excluding hydrogens is 594 g/mol. The first-order valence-corrected chi connectivity index (χ1v) is 13.1. The molecule has 0 fully saturated rings. The van der Waals surface area contributed by atoms with Crippen LogP contribution in [0.2, 0.25) is 5.02 Å². The number of sulfone groups is 1. The Balaban J connectivity index is 0.00000370. The summed E-state index contributed by atoms with van der Waals surface area (Å²) in [4.78, 5) is 27.9. The van der Waals surface area contributed by atoms with Crippen molar-refractivity contribution in [3.8, 4) is 16.9 Å². The van der Waals surface area contributed by atoms with Crippen LogP contribution in [0.1, 0.15) is 32.0 Å². The Bertz CT molecular complexity index is 1760. The summed E-state index contributed by atoms with van der Waals surface area (Å²) in [6.45, 7) is 0. The Kier molecular flexibility index (Phi) is 7.67. The number of hydrogen-bond acceptors (Lipinski definition) is 6. The number of aromatic nitrogens is 3. The minimum absolute atomic E-state index is 0. The number of carbonyl (C=O) groups excluding carboxylic acids is 2. The molecule has 208 valence electrons. The van der Waals surface area contributed by atoms with Crippen molar-refractivity contribution >= 4 is 51.3 Å². The minimum Gasteiger partial charge on any atom is -0.364 e. The quantitative estimate of drug-likeness (QED) is 0.334. The number of pyridine rings is 1. The highest BCUT2D eigenvalue weighted by Gasteiger charge is 2.46. The zero-order chi connectivity index (χ0) is 28.1. The third-order valence-corrected chi connectivity index (χ3v) is 8.00. The predicted octanol–water partition coefficient (Wildman–Crippen LogP) is 4.75. The van der Waals surface area contributed by atoms with Crippen molar-refractivity contribution in [2.24, 2.45) is 5.73 Å². The molecule has 0 atom stereocenters. The number of benzene rings is 2. The van der Waals surface area contributed by atoms with Gasteiger partial charge in [0, 0.05) is 29.2 Å². The lowest BCUT2D eigenvalue weighted by molar-refractivity contribution is -0.0436. The zero-order valence-corrected chi connectivity index (χ0v) is 22.5. The van der Waals surface area contributed by atoms with E-state index in [0.29, 0.717) is 35.3 Å². The third kappa shape index (κ3) is 5.03. The van der Waals surface area contributed by atoms with Crippen LogP contribution in [0.4, 0.5) is 18.9 Å². The van der Waals surface area contributed by atoms with E-state index < -0.39 is 32.1 Å². The van der Waals surface area contributed by atoms with E-state index in [0.717, 1.165) is 29.8 Å². The van der Waals surface area contributed by atoms with Crippen molar-refractivity contribution in [3.05, 3.63) is 88.3 Å². The van der Waals surface area contributed by atoms with Crippen molar-refractivity contribution in [3.63, 3.8) is 0 Å². The van der Waals surface area contributed by atoms with Crippen LogP contribution in [-0.4, -0.2) is 40.5 Å². The number of rotatable bonds is 5. The molecule has 0 spiro atoms. The van der Waals surface area contributed by atoms with E-state index in [1.807, 2.05) is 0 Å². The van der Waals surface area contributed by atoms with E-state index in [-0.39, 0.29) is 34.4 Å². The summed E-state index contributed by atoms with van der Waals surface area (Å²) in [5.74, 6) is -1.28. The summed E-state index contributed by atoms with van der Waals surface area (Å²) < 4.78 is 63.9. The molecule has 2 heterocycles. The first kappa shape index (κ1) is 29.1. The maximum absolute atomic E-state index is 13.0. The van der Waals surface area contributed by atoms with Crippen LogP contribution in [0.5, 0.6) is 0 Å². The van der Waals surface area contributed by atoms with Crippen molar-refractivity contribution in [1.82, 2.24) is 14.8 Å². The summed E-state index contributed by atoms with van der Waals surface area (Å²) >= 11 is 6.07. The molecule has 0 bridgehead atoms. The molecule has 4 aromatic rings. The number of hydrogen-bond donors (Lipinski definition) is 2. The summed E-state index contributed by atoms with van der Waals surface area (Å²) in [5.41, 5.74) is 3.29. The number of carbonyl (C=O) groups is 2. The van der Waals surface area contributed by atoms with Crippen LogP contribution in [0.3, 0.4) is 0 Å². The van der Waals surface area contributed by atoms with E-state index in [4.69, 9.17) is 17.3 Å². The molecule has 5 rings (SSSR count). The van der Waals surface area contributed by atoms with Gasteiger partial charge in [0.05, 0.1) is 26.9 Å². The smallest absolute Gasteiger partial charge is 0.364 e. The fraction of sp³-hybridized carbons (Fsp3) is 0.120. The monoisotopic (exact) mass is 611 g/mol. The highest BCUT2D eigenvalue weighted by Crippen LogP contribution is 2.39. The van der Waals surface area contributed by atoms with Crippen LogP contribution in [0.25, 0.3) is 16.9 Å². The van der Waals surface area contributed by atoms with E-state index in [1.165, 1.54) is 23.1 Å². The Morgan fingerprint density at radius 1 is 1.05 bits per heavy atom.